The van der Waals surface area contributed by atoms with Gasteiger partial charge in [0.05, 0.1) is 11.8 Å². The van der Waals surface area contributed by atoms with Crippen LogP contribution in [0, 0.1) is 5.92 Å². The number of nitrogens with one attached hydrogen (secondary N) is 1. The summed E-state index contributed by atoms with van der Waals surface area (Å²) in [6.07, 6.45) is 8.81. The third kappa shape index (κ3) is 2.62. The first kappa shape index (κ1) is 11.2. The molecule has 0 amide bonds. The fraction of sp³-hybridized carbons (Fsp3) is 0.667. The molecule has 0 aliphatic heterocycles. The molecule has 1 heterocycles. The summed E-state index contributed by atoms with van der Waals surface area (Å²) >= 11 is 0. The predicted octanol–water partition coefficient (Wildman–Crippen LogP) is 2.54. The van der Waals surface area contributed by atoms with Gasteiger partial charge in [0.15, 0.2) is 0 Å². The summed E-state index contributed by atoms with van der Waals surface area (Å²) in [5.74, 6) is 0.464. The van der Waals surface area contributed by atoms with Crippen LogP contribution in [0.5, 0.6) is 0 Å². The van der Waals surface area contributed by atoms with Crippen LogP contribution >= 0.6 is 0 Å². The van der Waals surface area contributed by atoms with Crippen LogP contribution in [0.25, 0.3) is 0 Å². The van der Waals surface area contributed by atoms with Crippen molar-refractivity contribution >= 4 is 5.97 Å². The van der Waals surface area contributed by atoms with Crippen molar-refractivity contribution in [3.63, 3.8) is 0 Å². The van der Waals surface area contributed by atoms with Gasteiger partial charge in [-0.05, 0) is 25.2 Å². The van der Waals surface area contributed by atoms with Crippen LogP contribution in [-0.4, -0.2) is 22.3 Å². The highest BCUT2D eigenvalue weighted by molar-refractivity contribution is 5.88. The number of aromatic amines is 1. The van der Waals surface area contributed by atoms with E-state index in [0.717, 1.165) is 18.8 Å². The SMILES string of the molecule is CC[C@H]1CCC[C@H](OC(=O)c2cn[nH]c2)C1. The lowest BCUT2D eigenvalue weighted by atomic mass is 9.85. The van der Waals surface area contributed by atoms with E-state index in [1.807, 2.05) is 0 Å². The zero-order valence-electron chi connectivity index (χ0n) is 9.61. The van der Waals surface area contributed by atoms with Gasteiger partial charge in [0.2, 0.25) is 0 Å². The molecule has 1 aromatic rings. The Bertz CT molecular complexity index is 335. The van der Waals surface area contributed by atoms with E-state index in [9.17, 15) is 4.79 Å². The first-order valence-corrected chi connectivity index (χ1v) is 5.99. The average molecular weight is 222 g/mol. The molecule has 1 saturated carbocycles. The second kappa shape index (κ2) is 5.14. The molecule has 1 fully saturated rings. The smallest absolute Gasteiger partial charge is 0.341 e. The molecule has 1 aliphatic rings. The molecular formula is C12H18N2O2. The van der Waals surface area contributed by atoms with E-state index in [4.69, 9.17) is 4.74 Å². The van der Waals surface area contributed by atoms with Gasteiger partial charge in [-0.25, -0.2) is 4.79 Å². The second-order valence-electron chi connectivity index (χ2n) is 4.46. The molecule has 16 heavy (non-hydrogen) atoms. The summed E-state index contributed by atoms with van der Waals surface area (Å²) in [4.78, 5) is 11.7. The Morgan fingerprint density at radius 2 is 2.50 bits per heavy atom. The number of carbonyl (C=O) groups is 1. The zero-order valence-corrected chi connectivity index (χ0v) is 9.61. The van der Waals surface area contributed by atoms with Gasteiger partial charge in [0.25, 0.3) is 0 Å². The van der Waals surface area contributed by atoms with Gasteiger partial charge in [0, 0.05) is 6.20 Å². The van der Waals surface area contributed by atoms with Gasteiger partial charge in [-0.3, -0.25) is 5.10 Å². The van der Waals surface area contributed by atoms with Crippen LogP contribution in [-0.2, 0) is 4.74 Å². The number of rotatable bonds is 3. The van der Waals surface area contributed by atoms with Gasteiger partial charge >= 0.3 is 5.97 Å². The normalized spacial score (nSPS) is 25.3. The first-order chi connectivity index (χ1) is 7.79. The topological polar surface area (TPSA) is 55.0 Å². The molecule has 4 heteroatoms. The largest absolute Gasteiger partial charge is 0.459 e. The lowest BCUT2D eigenvalue weighted by molar-refractivity contribution is 0.0140. The van der Waals surface area contributed by atoms with Crippen LogP contribution in [0.3, 0.4) is 0 Å². The van der Waals surface area contributed by atoms with Crippen molar-refractivity contribution in [1.82, 2.24) is 10.2 Å². The highest BCUT2D eigenvalue weighted by Gasteiger charge is 2.24. The molecular weight excluding hydrogens is 204 g/mol. The second-order valence-corrected chi connectivity index (χ2v) is 4.46. The fourth-order valence-electron chi connectivity index (χ4n) is 2.30. The van der Waals surface area contributed by atoms with E-state index in [2.05, 4.69) is 17.1 Å². The molecule has 1 aliphatic carbocycles. The van der Waals surface area contributed by atoms with E-state index in [1.165, 1.54) is 25.5 Å². The number of H-pyrrole nitrogens is 1. The minimum absolute atomic E-state index is 0.0982. The third-order valence-electron chi connectivity index (χ3n) is 3.32. The minimum Gasteiger partial charge on any atom is -0.459 e. The summed E-state index contributed by atoms with van der Waals surface area (Å²) in [7, 11) is 0. The zero-order chi connectivity index (χ0) is 11.4. The minimum atomic E-state index is -0.254. The molecule has 0 radical (unpaired) electrons. The molecule has 2 rings (SSSR count). The van der Waals surface area contributed by atoms with Crippen molar-refractivity contribution in [2.45, 2.75) is 45.1 Å². The predicted molar refractivity (Wildman–Crippen MR) is 60.0 cm³/mol. The average Bonchev–Trinajstić information content (AvgIpc) is 2.83. The summed E-state index contributed by atoms with van der Waals surface area (Å²) in [6.45, 7) is 2.20. The van der Waals surface area contributed by atoms with E-state index in [1.54, 1.807) is 6.20 Å². The Morgan fingerprint density at radius 3 is 3.19 bits per heavy atom. The summed E-state index contributed by atoms with van der Waals surface area (Å²) in [6, 6.07) is 0. The van der Waals surface area contributed by atoms with Crippen molar-refractivity contribution in [3.05, 3.63) is 18.0 Å². The Kier molecular flexibility index (Phi) is 3.59. The van der Waals surface area contributed by atoms with Crippen molar-refractivity contribution in [2.24, 2.45) is 5.92 Å². The maximum Gasteiger partial charge on any atom is 0.341 e. The number of hydrogen-bond acceptors (Lipinski definition) is 3. The van der Waals surface area contributed by atoms with Crippen molar-refractivity contribution in [3.8, 4) is 0 Å². The molecule has 4 nitrogen and oxygen atoms in total. The maximum absolute atomic E-state index is 11.7. The summed E-state index contributed by atoms with van der Waals surface area (Å²) in [5.41, 5.74) is 0.513. The monoisotopic (exact) mass is 222 g/mol. The number of carbonyl (C=O) groups excluding carboxylic acids is 1. The number of aromatic nitrogens is 2. The lowest BCUT2D eigenvalue weighted by Crippen LogP contribution is -2.25. The van der Waals surface area contributed by atoms with Gasteiger partial charge < -0.3 is 4.74 Å². The molecule has 0 saturated heterocycles. The fourth-order valence-corrected chi connectivity index (χ4v) is 2.30. The Hall–Kier alpha value is -1.32. The number of ether oxygens (including phenoxy) is 1. The van der Waals surface area contributed by atoms with E-state index < -0.39 is 0 Å². The van der Waals surface area contributed by atoms with Crippen molar-refractivity contribution in [2.75, 3.05) is 0 Å². The molecule has 88 valence electrons. The van der Waals surface area contributed by atoms with Gasteiger partial charge in [0.1, 0.15) is 6.10 Å². The highest BCUT2D eigenvalue weighted by atomic mass is 16.5. The van der Waals surface area contributed by atoms with Crippen LogP contribution in [0.15, 0.2) is 12.4 Å². The molecule has 1 aromatic heterocycles. The van der Waals surface area contributed by atoms with Gasteiger partial charge in [-0.15, -0.1) is 0 Å². The Labute approximate surface area is 95.4 Å². The molecule has 1 N–H and O–H groups in total. The molecule has 0 aromatic carbocycles. The summed E-state index contributed by atoms with van der Waals surface area (Å²) < 4.78 is 5.47. The van der Waals surface area contributed by atoms with Gasteiger partial charge in [-0.1, -0.05) is 19.8 Å². The van der Waals surface area contributed by atoms with Crippen LogP contribution in [0.2, 0.25) is 0 Å². The van der Waals surface area contributed by atoms with Crippen LogP contribution < -0.4 is 0 Å². The van der Waals surface area contributed by atoms with Crippen molar-refractivity contribution < 1.29 is 9.53 Å². The quantitative estimate of drug-likeness (QED) is 0.799. The number of hydrogen-bond donors (Lipinski definition) is 1. The van der Waals surface area contributed by atoms with E-state index in [-0.39, 0.29) is 12.1 Å². The maximum atomic E-state index is 11.7. The molecule has 0 bridgehead atoms. The van der Waals surface area contributed by atoms with Crippen LogP contribution in [0.4, 0.5) is 0 Å². The highest BCUT2D eigenvalue weighted by Crippen LogP contribution is 2.28. The number of esters is 1. The lowest BCUT2D eigenvalue weighted by Gasteiger charge is -2.27. The third-order valence-corrected chi connectivity index (χ3v) is 3.32. The van der Waals surface area contributed by atoms with E-state index >= 15 is 0 Å². The molecule has 2 atom stereocenters. The molecule has 0 unspecified atom stereocenters. The standard InChI is InChI=1S/C12H18N2O2/c1-2-9-4-3-5-11(6-9)16-12(15)10-7-13-14-8-10/h7-9,11H,2-6H2,1H3,(H,13,14)/t9-,11-/m0/s1. The Morgan fingerprint density at radius 1 is 1.62 bits per heavy atom. The van der Waals surface area contributed by atoms with Crippen LogP contribution in [0.1, 0.15) is 49.4 Å². The first-order valence-electron chi connectivity index (χ1n) is 5.99. The van der Waals surface area contributed by atoms with Crippen molar-refractivity contribution in [1.29, 1.82) is 0 Å². The Balaban J connectivity index is 1.87. The number of nitrogens with zero attached hydrogens (tertiary/aromatic N) is 1. The molecule has 0 spiro atoms. The van der Waals surface area contributed by atoms with E-state index in [0.29, 0.717) is 5.56 Å². The van der Waals surface area contributed by atoms with Gasteiger partial charge in [-0.2, -0.15) is 5.10 Å². The summed E-state index contributed by atoms with van der Waals surface area (Å²) in [5, 5.41) is 6.36.